The third-order valence-corrected chi connectivity index (χ3v) is 2.93. The van der Waals surface area contributed by atoms with Gasteiger partial charge in [-0.3, -0.25) is 4.99 Å². The Balaban J connectivity index is 3.09. The molecule has 0 radical (unpaired) electrons. The molecule has 1 rings (SSSR count). The van der Waals surface area contributed by atoms with Crippen LogP contribution in [0.15, 0.2) is 26.1 Å². The summed E-state index contributed by atoms with van der Waals surface area (Å²) < 4.78 is 1.91. The minimum atomic E-state index is 0.384. The summed E-state index contributed by atoms with van der Waals surface area (Å²) >= 11 is 6.91. The predicted octanol–water partition coefficient (Wildman–Crippen LogP) is 2.88. The monoisotopic (exact) mass is 319 g/mol. The van der Waals surface area contributed by atoms with Crippen molar-refractivity contribution in [3.05, 3.63) is 26.6 Å². The van der Waals surface area contributed by atoms with Crippen LogP contribution in [0.25, 0.3) is 0 Å². The third-order valence-electron chi connectivity index (χ3n) is 1.68. The highest BCUT2D eigenvalue weighted by Gasteiger charge is 2.06. The lowest BCUT2D eigenvalue weighted by Crippen LogP contribution is -2.22. The van der Waals surface area contributed by atoms with Crippen LogP contribution in [0.2, 0.25) is 0 Å². The molecule has 5 heteroatoms. The van der Waals surface area contributed by atoms with Crippen molar-refractivity contribution in [2.45, 2.75) is 6.92 Å². The molecule has 0 aromatic heterocycles. The van der Waals surface area contributed by atoms with Crippen molar-refractivity contribution in [2.24, 2.45) is 10.7 Å². The van der Waals surface area contributed by atoms with E-state index in [0.717, 1.165) is 14.6 Å². The van der Waals surface area contributed by atoms with Crippen LogP contribution in [-0.4, -0.2) is 13.0 Å². The average Bonchev–Trinajstić information content (AvgIpc) is 2.10. The van der Waals surface area contributed by atoms with Crippen molar-refractivity contribution in [1.82, 2.24) is 0 Å². The van der Waals surface area contributed by atoms with Crippen molar-refractivity contribution in [3.8, 4) is 0 Å². The second-order valence-electron chi connectivity index (χ2n) is 2.84. The van der Waals surface area contributed by atoms with Crippen molar-refractivity contribution in [1.29, 1.82) is 0 Å². The van der Waals surface area contributed by atoms with Crippen LogP contribution in [0.3, 0.4) is 0 Å². The Morgan fingerprint density at radius 3 is 2.29 bits per heavy atom. The largest absolute Gasteiger partial charge is 0.370 e. The number of hydrogen-bond acceptors (Lipinski definition) is 1. The highest BCUT2D eigenvalue weighted by Crippen LogP contribution is 2.31. The van der Waals surface area contributed by atoms with Crippen LogP contribution in [0.4, 0.5) is 5.69 Å². The highest BCUT2D eigenvalue weighted by molar-refractivity contribution is 9.11. The number of rotatable bonds is 1. The van der Waals surface area contributed by atoms with Gasteiger partial charge in [-0.05, 0) is 56.5 Å². The van der Waals surface area contributed by atoms with Gasteiger partial charge in [-0.25, -0.2) is 0 Å². The first-order valence-corrected chi connectivity index (χ1v) is 5.58. The summed E-state index contributed by atoms with van der Waals surface area (Å²) in [6, 6.07) is 4.02. The van der Waals surface area contributed by atoms with Gasteiger partial charge in [0.25, 0.3) is 0 Å². The van der Waals surface area contributed by atoms with Gasteiger partial charge in [0.05, 0.1) is 5.69 Å². The molecule has 0 aliphatic heterocycles. The molecule has 0 saturated carbocycles. The van der Waals surface area contributed by atoms with E-state index in [1.807, 2.05) is 19.1 Å². The molecule has 76 valence electrons. The molecule has 0 unspecified atom stereocenters. The average molecular weight is 321 g/mol. The van der Waals surface area contributed by atoms with E-state index in [9.17, 15) is 0 Å². The molecule has 0 bridgehead atoms. The zero-order chi connectivity index (χ0) is 10.7. The molecule has 0 aliphatic rings. The van der Waals surface area contributed by atoms with E-state index in [2.05, 4.69) is 42.2 Å². The van der Waals surface area contributed by atoms with Gasteiger partial charge in [0, 0.05) is 16.0 Å². The number of anilines is 1. The van der Waals surface area contributed by atoms with Crippen LogP contribution in [0, 0.1) is 6.92 Å². The molecule has 14 heavy (non-hydrogen) atoms. The number of benzene rings is 1. The fourth-order valence-corrected chi connectivity index (χ4v) is 2.62. The van der Waals surface area contributed by atoms with E-state index in [1.54, 1.807) is 7.05 Å². The van der Waals surface area contributed by atoms with Crippen molar-refractivity contribution in [2.75, 3.05) is 12.4 Å². The molecule has 0 aliphatic carbocycles. The summed E-state index contributed by atoms with van der Waals surface area (Å²) in [4.78, 5) is 3.83. The van der Waals surface area contributed by atoms with Crippen LogP contribution < -0.4 is 11.1 Å². The second kappa shape index (κ2) is 4.79. The number of nitrogens with zero attached hydrogens (tertiary/aromatic N) is 1. The van der Waals surface area contributed by atoms with E-state index < -0.39 is 0 Å². The fraction of sp³-hybridized carbons (Fsp3) is 0.222. The van der Waals surface area contributed by atoms with Crippen LogP contribution in [-0.2, 0) is 0 Å². The van der Waals surface area contributed by atoms with Crippen LogP contribution in [0.1, 0.15) is 5.56 Å². The standard InChI is InChI=1S/C9H11Br2N3/c1-5-3-6(10)8(7(11)4-5)14-9(12)13-2/h3-4H,1-2H3,(H3,12,13,14). The molecular weight excluding hydrogens is 310 g/mol. The number of hydrogen-bond donors (Lipinski definition) is 2. The predicted molar refractivity (Wildman–Crippen MR) is 67.7 cm³/mol. The first-order chi connectivity index (χ1) is 6.54. The molecule has 0 atom stereocenters. The number of nitrogens with one attached hydrogen (secondary N) is 1. The minimum absolute atomic E-state index is 0.384. The van der Waals surface area contributed by atoms with E-state index >= 15 is 0 Å². The SMILES string of the molecule is CN=C(N)Nc1c(Br)cc(C)cc1Br. The first-order valence-electron chi connectivity index (χ1n) is 3.99. The Hall–Kier alpha value is -0.550. The lowest BCUT2D eigenvalue weighted by molar-refractivity contribution is 1.36. The Kier molecular flexibility index (Phi) is 3.95. The summed E-state index contributed by atoms with van der Waals surface area (Å²) in [7, 11) is 1.64. The maximum absolute atomic E-state index is 5.58. The molecule has 1 aromatic carbocycles. The molecule has 0 heterocycles. The summed E-state index contributed by atoms with van der Waals surface area (Å²) in [5.41, 5.74) is 7.63. The second-order valence-corrected chi connectivity index (χ2v) is 4.55. The number of aryl methyl sites for hydroxylation is 1. The Labute approximate surface area is 100 Å². The molecule has 0 amide bonds. The minimum Gasteiger partial charge on any atom is -0.370 e. The zero-order valence-corrected chi connectivity index (χ0v) is 11.1. The first kappa shape index (κ1) is 11.5. The summed E-state index contributed by atoms with van der Waals surface area (Å²) in [5, 5.41) is 2.99. The van der Waals surface area contributed by atoms with Gasteiger partial charge in [-0.1, -0.05) is 0 Å². The van der Waals surface area contributed by atoms with Gasteiger partial charge >= 0.3 is 0 Å². The normalized spacial score (nSPS) is 11.6. The van der Waals surface area contributed by atoms with Gasteiger partial charge in [-0.2, -0.15) is 0 Å². The maximum atomic E-state index is 5.58. The van der Waals surface area contributed by atoms with Crippen LogP contribution in [0.5, 0.6) is 0 Å². The topological polar surface area (TPSA) is 50.4 Å². The summed E-state index contributed by atoms with van der Waals surface area (Å²) in [6.07, 6.45) is 0. The molecule has 3 nitrogen and oxygen atoms in total. The van der Waals surface area contributed by atoms with Gasteiger partial charge in [0.15, 0.2) is 5.96 Å². The molecule has 0 spiro atoms. The number of guanidine groups is 1. The molecule has 0 fully saturated rings. The molecule has 3 N–H and O–H groups in total. The Morgan fingerprint density at radius 2 is 1.86 bits per heavy atom. The zero-order valence-electron chi connectivity index (χ0n) is 7.94. The van der Waals surface area contributed by atoms with E-state index in [1.165, 1.54) is 5.56 Å². The van der Waals surface area contributed by atoms with Gasteiger partial charge in [-0.15, -0.1) is 0 Å². The van der Waals surface area contributed by atoms with E-state index in [4.69, 9.17) is 5.73 Å². The molecular formula is C9H11Br2N3. The smallest absolute Gasteiger partial charge is 0.192 e. The van der Waals surface area contributed by atoms with Crippen molar-refractivity contribution >= 4 is 43.5 Å². The highest BCUT2D eigenvalue weighted by atomic mass is 79.9. The molecule has 1 aromatic rings. The van der Waals surface area contributed by atoms with Gasteiger partial charge in [0.1, 0.15) is 0 Å². The Bertz CT molecular complexity index is 351. The Morgan fingerprint density at radius 1 is 1.36 bits per heavy atom. The van der Waals surface area contributed by atoms with Crippen molar-refractivity contribution < 1.29 is 0 Å². The van der Waals surface area contributed by atoms with E-state index in [-0.39, 0.29) is 0 Å². The lowest BCUT2D eigenvalue weighted by atomic mass is 10.2. The third kappa shape index (κ3) is 2.72. The maximum Gasteiger partial charge on any atom is 0.192 e. The quantitative estimate of drug-likeness (QED) is 0.617. The lowest BCUT2D eigenvalue weighted by Gasteiger charge is -2.10. The summed E-state index contributed by atoms with van der Waals surface area (Å²) in [5.74, 6) is 0.384. The van der Waals surface area contributed by atoms with Gasteiger partial charge < -0.3 is 11.1 Å². The number of aliphatic imine (C=N–C) groups is 1. The van der Waals surface area contributed by atoms with Crippen molar-refractivity contribution in [3.63, 3.8) is 0 Å². The number of halogens is 2. The van der Waals surface area contributed by atoms with E-state index in [0.29, 0.717) is 5.96 Å². The van der Waals surface area contributed by atoms with Gasteiger partial charge in [0.2, 0.25) is 0 Å². The molecule has 0 saturated heterocycles. The van der Waals surface area contributed by atoms with Crippen LogP contribution >= 0.6 is 31.9 Å². The summed E-state index contributed by atoms with van der Waals surface area (Å²) in [6.45, 7) is 2.02. The number of nitrogens with two attached hydrogens (primary N) is 1. The fourth-order valence-electron chi connectivity index (χ4n) is 1.00.